The zero-order valence-electron chi connectivity index (χ0n) is 25.5. The Morgan fingerprint density at radius 1 is 0.886 bits per heavy atom. The molecule has 0 saturated carbocycles. The fraction of sp³-hybridized carbons (Fsp3) is 0.364. The van der Waals surface area contributed by atoms with Crippen molar-refractivity contribution in [2.24, 2.45) is 0 Å². The maximum absolute atomic E-state index is 12.7. The molecule has 0 radical (unpaired) electrons. The summed E-state index contributed by atoms with van der Waals surface area (Å²) >= 11 is 1.39. The van der Waals surface area contributed by atoms with Crippen LogP contribution >= 0.6 is 11.3 Å². The Balaban J connectivity index is 1.01. The Hall–Kier alpha value is -4.51. The van der Waals surface area contributed by atoms with E-state index in [-0.39, 0.29) is 24.3 Å². The topological polar surface area (TPSA) is 127 Å². The third-order valence-corrected chi connectivity index (χ3v) is 7.95. The van der Waals surface area contributed by atoms with Gasteiger partial charge in [-0.25, -0.2) is 4.79 Å². The van der Waals surface area contributed by atoms with Crippen LogP contribution < -0.4 is 16.0 Å². The molecule has 0 fully saturated rings. The third-order valence-electron chi connectivity index (χ3n) is 7.05. The highest BCUT2D eigenvalue weighted by Gasteiger charge is 2.31. The van der Waals surface area contributed by atoms with Gasteiger partial charge in [-0.05, 0) is 69.7 Å². The Morgan fingerprint density at radius 2 is 1.59 bits per heavy atom. The van der Waals surface area contributed by atoms with Crippen molar-refractivity contribution in [1.29, 1.82) is 0 Å². The van der Waals surface area contributed by atoms with Gasteiger partial charge in [-0.1, -0.05) is 65.9 Å². The van der Waals surface area contributed by atoms with E-state index in [1.54, 1.807) is 0 Å². The van der Waals surface area contributed by atoms with E-state index in [0.29, 0.717) is 11.6 Å². The first-order valence-electron chi connectivity index (χ1n) is 14.8. The fourth-order valence-corrected chi connectivity index (χ4v) is 5.70. The van der Waals surface area contributed by atoms with Gasteiger partial charge in [0.15, 0.2) is 0 Å². The molecule has 0 bridgehead atoms. The molecule has 3 aromatic rings. The maximum atomic E-state index is 12.7. The average Bonchev–Trinajstić information content (AvgIpc) is 3.25. The lowest BCUT2D eigenvalue weighted by molar-refractivity contribution is -0.116. The van der Waals surface area contributed by atoms with Crippen LogP contribution in [0.1, 0.15) is 74.0 Å². The van der Waals surface area contributed by atoms with Crippen molar-refractivity contribution in [2.75, 3.05) is 10.6 Å². The molecule has 11 heteroatoms. The molecule has 2 aromatic carbocycles. The number of rotatable bonds is 13. The number of anilines is 2. The van der Waals surface area contributed by atoms with E-state index in [0.717, 1.165) is 58.9 Å². The number of nitrogens with zero attached hydrogens (tertiary/aromatic N) is 3. The number of ether oxygens (including phenoxy) is 1. The molecule has 1 atom stereocenters. The van der Waals surface area contributed by atoms with Crippen LogP contribution in [0.15, 0.2) is 60.7 Å². The van der Waals surface area contributed by atoms with Gasteiger partial charge >= 0.3 is 6.09 Å². The van der Waals surface area contributed by atoms with Crippen LogP contribution in [0.5, 0.6) is 0 Å². The highest BCUT2D eigenvalue weighted by Crippen LogP contribution is 2.43. The van der Waals surface area contributed by atoms with E-state index in [2.05, 4.69) is 36.8 Å². The Bertz CT molecular complexity index is 1640. The fourth-order valence-electron chi connectivity index (χ4n) is 4.90. The lowest BCUT2D eigenvalue weighted by atomic mass is 10.0. The van der Waals surface area contributed by atoms with E-state index in [1.165, 1.54) is 17.0 Å². The van der Waals surface area contributed by atoms with E-state index in [9.17, 15) is 14.4 Å². The number of aryl methyl sites for hydroxylation is 2. The SMILES string of the molecule is CC(NC(=O)OC(C)(C)C)c1cccc(CC(=O)Nc2nnc(CCCCc3cc4c(NC(=O)Cc5ccccc5)n3-4)s2)c1. The Morgan fingerprint density at radius 3 is 2.36 bits per heavy atom. The average molecular weight is 615 g/mol. The third kappa shape index (κ3) is 8.53. The van der Waals surface area contributed by atoms with E-state index in [4.69, 9.17) is 4.74 Å². The van der Waals surface area contributed by atoms with Crippen molar-refractivity contribution >= 4 is 40.2 Å². The number of alkyl carbamates (subject to hydrolysis) is 1. The predicted octanol–water partition coefficient (Wildman–Crippen LogP) is 6.16. The Labute approximate surface area is 261 Å². The number of aromatic nitrogens is 3. The number of hydrogen-bond donors (Lipinski definition) is 3. The van der Waals surface area contributed by atoms with Gasteiger partial charge in [0.25, 0.3) is 0 Å². The smallest absolute Gasteiger partial charge is 0.408 e. The minimum atomic E-state index is -0.576. The number of unbranched alkanes of at least 4 members (excludes halogenated alkanes) is 1. The van der Waals surface area contributed by atoms with Gasteiger partial charge in [0.1, 0.15) is 16.4 Å². The van der Waals surface area contributed by atoms with Gasteiger partial charge in [0.2, 0.25) is 16.9 Å². The molecule has 2 aliphatic rings. The first kappa shape index (κ1) is 30.9. The van der Waals surface area contributed by atoms with Crippen molar-refractivity contribution in [3.8, 4) is 5.69 Å². The van der Waals surface area contributed by atoms with Crippen LogP contribution in [0.2, 0.25) is 0 Å². The van der Waals surface area contributed by atoms with Crippen molar-refractivity contribution in [1.82, 2.24) is 20.1 Å². The molecule has 0 saturated heterocycles. The molecule has 230 valence electrons. The van der Waals surface area contributed by atoms with Crippen LogP contribution in [-0.4, -0.2) is 38.3 Å². The molecule has 5 rings (SSSR count). The second-order valence-electron chi connectivity index (χ2n) is 12.0. The zero-order valence-corrected chi connectivity index (χ0v) is 26.3. The minimum Gasteiger partial charge on any atom is -0.444 e. The molecule has 3 N–H and O–H groups in total. The summed E-state index contributed by atoms with van der Waals surface area (Å²) in [4.78, 5) is 37.1. The monoisotopic (exact) mass is 614 g/mol. The molecule has 3 heterocycles. The molecule has 1 unspecified atom stereocenters. The quantitative estimate of drug-likeness (QED) is 0.136. The molecule has 1 aromatic heterocycles. The van der Waals surface area contributed by atoms with Gasteiger partial charge < -0.3 is 20.7 Å². The lowest BCUT2D eigenvalue weighted by Crippen LogP contribution is -2.34. The van der Waals surface area contributed by atoms with E-state index in [1.807, 2.05) is 82.3 Å². The summed E-state index contributed by atoms with van der Waals surface area (Å²) in [5, 5.41) is 18.4. The van der Waals surface area contributed by atoms with Crippen LogP contribution in [0.3, 0.4) is 0 Å². The standard InChI is InChI=1S/C33H38N6O4S/c1-21(34-32(42)43-33(2,3)4)24-14-10-13-23(17-24)19-28(41)36-31-38-37-29(44-31)16-9-8-15-25-20-26-30(39(25)26)35-27(40)18-22-11-6-5-7-12-22/h5-7,10-14,17,20-21H,8-9,15-16,18-19H2,1-4H3,(H,34,42)(H,35,40)(H,36,38,41). The van der Waals surface area contributed by atoms with Gasteiger partial charge in [-0.15, -0.1) is 10.2 Å². The summed E-state index contributed by atoms with van der Waals surface area (Å²) in [7, 11) is 0. The predicted molar refractivity (Wildman–Crippen MR) is 171 cm³/mol. The number of carbonyl (C=O) groups is 3. The van der Waals surface area contributed by atoms with Gasteiger partial charge in [-0.3, -0.25) is 14.2 Å². The van der Waals surface area contributed by atoms with Crippen molar-refractivity contribution in [2.45, 2.75) is 77.9 Å². The van der Waals surface area contributed by atoms with Crippen LogP contribution in [0.4, 0.5) is 15.7 Å². The van der Waals surface area contributed by atoms with Crippen LogP contribution in [-0.2, 0) is 40.0 Å². The Kier molecular flexibility index (Phi) is 9.43. The number of benzene rings is 2. The van der Waals surface area contributed by atoms with Gasteiger partial charge in [0, 0.05) is 12.1 Å². The number of fused-ring (bicyclic) bond motifs is 1. The number of amides is 3. The molecule has 0 spiro atoms. The van der Waals surface area contributed by atoms with Crippen molar-refractivity contribution in [3.63, 3.8) is 0 Å². The highest BCUT2D eigenvalue weighted by molar-refractivity contribution is 7.15. The molecule has 3 amide bonds. The summed E-state index contributed by atoms with van der Waals surface area (Å²) in [6, 6.07) is 19.1. The summed E-state index contributed by atoms with van der Waals surface area (Å²) in [5.74, 6) is 0.725. The summed E-state index contributed by atoms with van der Waals surface area (Å²) < 4.78 is 7.44. The van der Waals surface area contributed by atoms with E-state index >= 15 is 0 Å². The normalized spacial score (nSPS) is 12.4. The van der Waals surface area contributed by atoms with E-state index < -0.39 is 11.7 Å². The zero-order chi connectivity index (χ0) is 31.3. The first-order valence-corrected chi connectivity index (χ1v) is 15.6. The maximum Gasteiger partial charge on any atom is 0.408 e. The van der Waals surface area contributed by atoms with Gasteiger partial charge in [-0.2, -0.15) is 0 Å². The molecule has 2 aliphatic heterocycles. The molecular formula is C33H38N6O4S. The molecular weight excluding hydrogens is 576 g/mol. The first-order chi connectivity index (χ1) is 21.0. The second-order valence-corrected chi connectivity index (χ2v) is 13.0. The molecule has 10 nitrogen and oxygen atoms in total. The lowest BCUT2D eigenvalue weighted by Gasteiger charge is -2.22. The van der Waals surface area contributed by atoms with Crippen LogP contribution in [0.25, 0.3) is 5.69 Å². The van der Waals surface area contributed by atoms with Crippen LogP contribution in [0, 0.1) is 0 Å². The second kappa shape index (κ2) is 13.4. The van der Waals surface area contributed by atoms with Crippen molar-refractivity contribution < 1.29 is 19.1 Å². The minimum absolute atomic E-state index is 0.00396. The summed E-state index contributed by atoms with van der Waals surface area (Å²) in [6.07, 6.45) is 3.70. The van der Waals surface area contributed by atoms with Gasteiger partial charge in [0.05, 0.1) is 24.6 Å². The summed E-state index contributed by atoms with van der Waals surface area (Å²) in [6.45, 7) is 7.32. The number of hydrogen-bond acceptors (Lipinski definition) is 7. The molecule has 44 heavy (non-hydrogen) atoms. The summed E-state index contributed by atoms with van der Waals surface area (Å²) in [5.41, 5.74) is 4.46. The van der Waals surface area contributed by atoms with Crippen molar-refractivity contribution in [3.05, 3.63) is 88.1 Å². The highest BCUT2D eigenvalue weighted by atomic mass is 32.1. The molecule has 0 aliphatic carbocycles. The number of carbonyl (C=O) groups excluding carboxylic acids is 3. The largest absolute Gasteiger partial charge is 0.444 e. The number of nitrogens with one attached hydrogen (secondary N) is 3.